The van der Waals surface area contributed by atoms with Crippen molar-refractivity contribution in [1.82, 2.24) is 0 Å². The molecule has 0 heterocycles. The number of ether oxygens (including phenoxy) is 1. The van der Waals surface area contributed by atoms with Gasteiger partial charge in [-0.1, -0.05) is 0 Å². The van der Waals surface area contributed by atoms with Crippen LogP contribution in [-0.4, -0.2) is 34.3 Å². The first-order valence-corrected chi connectivity index (χ1v) is 11.8. The van der Waals surface area contributed by atoms with Crippen molar-refractivity contribution in [2.45, 2.75) is 112 Å². The maximum absolute atomic E-state index is 12.1. The lowest BCUT2D eigenvalue weighted by Crippen LogP contribution is -2.78. The second-order valence-corrected chi connectivity index (χ2v) is 11.1. The summed E-state index contributed by atoms with van der Waals surface area (Å²) in [7, 11) is 0. The lowest BCUT2D eigenvalue weighted by atomic mass is 9.57. The van der Waals surface area contributed by atoms with E-state index in [1.165, 1.54) is 0 Å². The van der Waals surface area contributed by atoms with E-state index in [0.717, 1.165) is 51.4 Å². The molecule has 4 aliphatic rings. The minimum Gasteiger partial charge on any atom is -0.393 e. The van der Waals surface area contributed by atoms with Crippen LogP contribution in [-0.2, 0) is 14.3 Å². The first kappa shape index (κ1) is 23.1. The molecule has 0 aromatic carbocycles. The van der Waals surface area contributed by atoms with E-state index in [9.17, 15) is 9.59 Å². The van der Waals surface area contributed by atoms with Crippen LogP contribution in [0.2, 0.25) is 0 Å². The molecule has 0 aromatic heterocycles. The molecule has 0 aliphatic heterocycles. The van der Waals surface area contributed by atoms with E-state index in [-0.39, 0.29) is 23.7 Å². The van der Waals surface area contributed by atoms with Crippen LogP contribution in [0.1, 0.15) is 89.9 Å². The Labute approximate surface area is 184 Å². The average molecular weight is 437 g/mol. The smallest absolute Gasteiger partial charge is 0.313 e. The van der Waals surface area contributed by atoms with E-state index in [4.69, 9.17) is 39.1 Å². The zero-order valence-electron chi connectivity index (χ0n) is 18.6. The van der Waals surface area contributed by atoms with Crippen LogP contribution in [0.4, 0.5) is 0 Å². The highest BCUT2D eigenvalue weighted by atomic mass is 16.6. The Morgan fingerprint density at radius 3 is 1.23 bits per heavy atom. The number of carbonyl (C=O) groups excluding carboxylic acids is 2. The minimum atomic E-state index is -1.02. The molecular formula is C22H40N6O3. The normalized spacial score (nSPS) is 32.3. The van der Waals surface area contributed by atoms with Gasteiger partial charge in [0, 0.05) is 12.8 Å². The van der Waals surface area contributed by atoms with E-state index in [1.54, 1.807) is 0 Å². The van der Waals surface area contributed by atoms with E-state index < -0.39 is 34.3 Å². The first-order valence-electron chi connectivity index (χ1n) is 11.8. The Hall–Kier alpha value is -1.10. The highest BCUT2D eigenvalue weighted by Gasteiger charge is 2.70. The van der Waals surface area contributed by atoms with Crippen LogP contribution >= 0.6 is 0 Å². The third-order valence-electron chi connectivity index (χ3n) is 9.43. The Morgan fingerprint density at radius 2 is 0.968 bits per heavy atom. The quantitative estimate of drug-likeness (QED) is 0.157. The van der Waals surface area contributed by atoms with Gasteiger partial charge in [0.2, 0.25) is 0 Å². The molecule has 176 valence electrons. The monoisotopic (exact) mass is 436 g/mol. The van der Waals surface area contributed by atoms with Gasteiger partial charge in [-0.3, -0.25) is 9.59 Å². The van der Waals surface area contributed by atoms with Gasteiger partial charge in [0.05, 0.1) is 22.4 Å². The fourth-order valence-electron chi connectivity index (χ4n) is 6.37. The molecule has 2 unspecified atom stereocenters. The van der Waals surface area contributed by atoms with Crippen LogP contribution in [0.5, 0.6) is 0 Å². The van der Waals surface area contributed by atoms with E-state index >= 15 is 0 Å². The Bertz CT molecular complexity index is 698. The van der Waals surface area contributed by atoms with Gasteiger partial charge < -0.3 is 39.1 Å². The number of rotatable bonds is 10. The third kappa shape index (κ3) is 3.54. The van der Waals surface area contributed by atoms with Crippen molar-refractivity contribution in [2.24, 2.45) is 45.2 Å². The summed E-state index contributed by atoms with van der Waals surface area (Å²) >= 11 is 0. The van der Waals surface area contributed by atoms with Crippen LogP contribution in [0, 0.1) is 10.8 Å². The predicted octanol–water partition coefficient (Wildman–Crippen LogP) is 0.167. The molecule has 0 aromatic rings. The summed E-state index contributed by atoms with van der Waals surface area (Å²) in [6.45, 7) is 0. The fraction of sp³-hybridized carbons (Fsp3) is 0.909. The molecule has 2 spiro atoms. The van der Waals surface area contributed by atoms with E-state index in [2.05, 4.69) is 0 Å². The highest BCUT2D eigenvalue weighted by Crippen LogP contribution is 2.68. The van der Waals surface area contributed by atoms with Gasteiger partial charge in [0.1, 0.15) is 0 Å². The number of hydrogen-bond acceptors (Lipinski definition) is 9. The van der Waals surface area contributed by atoms with Gasteiger partial charge in [-0.05, 0) is 87.9 Å². The Kier molecular flexibility index (Phi) is 5.36. The fourth-order valence-corrected chi connectivity index (χ4v) is 6.37. The van der Waals surface area contributed by atoms with Crippen LogP contribution in [0.25, 0.3) is 0 Å². The van der Waals surface area contributed by atoms with Crippen molar-refractivity contribution in [3.05, 3.63) is 0 Å². The summed E-state index contributed by atoms with van der Waals surface area (Å²) in [5.74, 6) is -1.14. The second kappa shape index (κ2) is 7.20. The summed E-state index contributed by atoms with van der Waals surface area (Å²) in [5, 5.41) is 0. The van der Waals surface area contributed by atoms with E-state index in [1.807, 2.05) is 0 Å². The topological polar surface area (TPSA) is 199 Å². The average Bonchev–Trinajstić information content (AvgIpc) is 3.55. The van der Waals surface area contributed by atoms with Gasteiger partial charge >= 0.3 is 11.9 Å². The maximum atomic E-state index is 12.1. The van der Waals surface area contributed by atoms with E-state index in [0.29, 0.717) is 25.7 Å². The maximum Gasteiger partial charge on any atom is 0.313 e. The largest absolute Gasteiger partial charge is 0.393 e. The first-order chi connectivity index (χ1) is 14.3. The molecule has 4 fully saturated rings. The van der Waals surface area contributed by atoms with Gasteiger partial charge in [0.25, 0.3) is 0 Å². The van der Waals surface area contributed by atoms with Crippen molar-refractivity contribution < 1.29 is 14.3 Å². The zero-order chi connectivity index (χ0) is 22.8. The van der Waals surface area contributed by atoms with Crippen molar-refractivity contribution >= 4 is 11.9 Å². The van der Waals surface area contributed by atoms with Gasteiger partial charge in [-0.25, -0.2) is 0 Å². The molecule has 4 aliphatic carbocycles. The lowest BCUT2D eigenvalue weighted by molar-refractivity contribution is -0.159. The minimum absolute atomic E-state index is 0.0805. The highest BCUT2D eigenvalue weighted by molar-refractivity contribution is 5.85. The molecule has 12 N–H and O–H groups in total. The molecule has 0 saturated heterocycles. The Balaban J connectivity index is 1.14. The van der Waals surface area contributed by atoms with Crippen LogP contribution < -0.4 is 34.4 Å². The van der Waals surface area contributed by atoms with Gasteiger partial charge in [0.15, 0.2) is 0 Å². The molecule has 0 amide bonds. The van der Waals surface area contributed by atoms with Crippen molar-refractivity contribution in [3.8, 4) is 0 Å². The summed E-state index contributed by atoms with van der Waals surface area (Å²) < 4.78 is 4.93. The molecule has 9 heteroatoms. The molecule has 0 radical (unpaired) electrons. The van der Waals surface area contributed by atoms with Crippen molar-refractivity contribution in [2.75, 3.05) is 0 Å². The van der Waals surface area contributed by atoms with Crippen LogP contribution in [0.15, 0.2) is 0 Å². The third-order valence-corrected chi connectivity index (χ3v) is 9.43. The van der Waals surface area contributed by atoms with Gasteiger partial charge in [-0.15, -0.1) is 0 Å². The standard InChI is InChI=1S/C22H40N6O3/c23-19(13-11-17(19)7-8-17)21(25,26)5-1-3-15(29)31-16(30)4-2-6-22(27,28)20(24)14-12-18(20)9-10-18/h1-14,23-28H2. The molecule has 4 saturated carbocycles. The Morgan fingerprint density at radius 1 is 0.645 bits per heavy atom. The van der Waals surface area contributed by atoms with Gasteiger partial charge in [-0.2, -0.15) is 0 Å². The lowest BCUT2D eigenvalue weighted by Gasteiger charge is -2.57. The van der Waals surface area contributed by atoms with Crippen LogP contribution in [0.3, 0.4) is 0 Å². The SMILES string of the molecule is NC(N)(CCCC(=O)OC(=O)CCCC(N)(N)C1(N)CCC12CC2)C1(N)CCC12CC2. The molecule has 2 atom stereocenters. The molecule has 0 bridgehead atoms. The van der Waals surface area contributed by atoms with Crippen molar-refractivity contribution in [1.29, 1.82) is 0 Å². The number of esters is 2. The second-order valence-electron chi connectivity index (χ2n) is 11.1. The summed E-state index contributed by atoms with van der Waals surface area (Å²) in [4.78, 5) is 24.1. The summed E-state index contributed by atoms with van der Waals surface area (Å²) in [6.07, 6.45) is 9.96. The molecule has 9 nitrogen and oxygen atoms in total. The zero-order valence-corrected chi connectivity index (χ0v) is 18.6. The number of nitrogens with two attached hydrogens (primary N) is 6. The summed E-state index contributed by atoms with van der Waals surface area (Å²) in [5.41, 5.74) is 35.5. The molecular weight excluding hydrogens is 396 g/mol. The number of carbonyl (C=O) groups is 2. The summed E-state index contributed by atoms with van der Waals surface area (Å²) in [6, 6.07) is 0. The van der Waals surface area contributed by atoms with Crippen molar-refractivity contribution in [3.63, 3.8) is 0 Å². The molecule has 4 rings (SSSR count). The number of hydrogen-bond donors (Lipinski definition) is 6. The molecule has 31 heavy (non-hydrogen) atoms. The predicted molar refractivity (Wildman–Crippen MR) is 117 cm³/mol.